The normalized spacial score (nSPS) is 10.9. The summed E-state index contributed by atoms with van der Waals surface area (Å²) in [5.41, 5.74) is 2.77. The molecule has 7 nitrogen and oxygen atoms in total. The van der Waals surface area contributed by atoms with Gasteiger partial charge in [0.1, 0.15) is 5.75 Å². The Morgan fingerprint density at radius 3 is 3.00 bits per heavy atom. The van der Waals surface area contributed by atoms with Gasteiger partial charge in [0.25, 0.3) is 0 Å². The average molecular weight is 362 g/mol. The fourth-order valence-corrected chi connectivity index (χ4v) is 2.92. The number of para-hydroxylation sites is 1. The summed E-state index contributed by atoms with van der Waals surface area (Å²) in [6.45, 7) is 0.436. The van der Waals surface area contributed by atoms with E-state index < -0.39 is 5.91 Å². The van der Waals surface area contributed by atoms with Crippen LogP contribution in [-0.4, -0.2) is 34.7 Å². The predicted molar refractivity (Wildman–Crippen MR) is 101 cm³/mol. The molecule has 0 saturated heterocycles. The van der Waals surface area contributed by atoms with Crippen LogP contribution in [0.4, 0.5) is 0 Å². The molecule has 0 spiro atoms. The third-order valence-electron chi connectivity index (χ3n) is 4.31. The van der Waals surface area contributed by atoms with Crippen molar-refractivity contribution in [2.24, 2.45) is 0 Å². The number of ether oxygens (including phenoxy) is 1. The second-order valence-corrected chi connectivity index (χ2v) is 6.02. The standard InChI is InChI=1S/C20H18N4O3/c1-26-17-5-3-2-4-14(17)9-11-22-19(25)20-23-18(24-27-20)15-7-6-13-8-10-21-16(13)12-15/h2-8,10,12,21H,9,11H2,1H3,(H,22,25). The van der Waals surface area contributed by atoms with E-state index in [0.29, 0.717) is 18.8 Å². The minimum Gasteiger partial charge on any atom is -0.496 e. The summed E-state index contributed by atoms with van der Waals surface area (Å²) in [5.74, 6) is 0.717. The summed E-state index contributed by atoms with van der Waals surface area (Å²) in [6.07, 6.45) is 2.51. The molecule has 0 aliphatic carbocycles. The number of H-pyrrole nitrogens is 1. The van der Waals surface area contributed by atoms with E-state index in [0.717, 1.165) is 27.8 Å². The molecule has 0 unspecified atom stereocenters. The van der Waals surface area contributed by atoms with Crippen LogP contribution in [0.15, 0.2) is 59.3 Å². The Hall–Kier alpha value is -3.61. The van der Waals surface area contributed by atoms with E-state index >= 15 is 0 Å². The first-order valence-corrected chi connectivity index (χ1v) is 8.56. The Bertz CT molecular complexity index is 1080. The number of amides is 1. The number of fused-ring (bicyclic) bond motifs is 1. The molecule has 0 radical (unpaired) electrons. The lowest BCUT2D eigenvalue weighted by atomic mass is 10.1. The van der Waals surface area contributed by atoms with E-state index in [1.165, 1.54) is 0 Å². The third kappa shape index (κ3) is 3.52. The Balaban J connectivity index is 1.41. The van der Waals surface area contributed by atoms with Gasteiger partial charge in [-0.15, -0.1) is 0 Å². The van der Waals surface area contributed by atoms with Gasteiger partial charge in [-0.1, -0.05) is 35.5 Å². The van der Waals surface area contributed by atoms with Crippen LogP contribution in [0.3, 0.4) is 0 Å². The van der Waals surface area contributed by atoms with Crippen molar-refractivity contribution in [3.63, 3.8) is 0 Å². The molecule has 0 bridgehead atoms. The summed E-state index contributed by atoms with van der Waals surface area (Å²) in [7, 11) is 1.63. The first-order chi connectivity index (χ1) is 13.2. The van der Waals surface area contributed by atoms with E-state index in [-0.39, 0.29) is 5.89 Å². The molecular weight excluding hydrogens is 344 g/mol. The molecule has 136 valence electrons. The number of hydrogen-bond donors (Lipinski definition) is 2. The lowest BCUT2D eigenvalue weighted by Gasteiger charge is -2.08. The van der Waals surface area contributed by atoms with Gasteiger partial charge >= 0.3 is 11.8 Å². The number of carbonyl (C=O) groups is 1. The van der Waals surface area contributed by atoms with Crippen molar-refractivity contribution >= 4 is 16.8 Å². The molecule has 4 rings (SSSR count). The molecule has 1 amide bonds. The van der Waals surface area contributed by atoms with Crippen LogP contribution in [0.25, 0.3) is 22.3 Å². The molecule has 0 aliphatic heterocycles. The van der Waals surface area contributed by atoms with Crippen LogP contribution < -0.4 is 10.1 Å². The van der Waals surface area contributed by atoms with Crippen molar-refractivity contribution in [2.45, 2.75) is 6.42 Å². The minimum absolute atomic E-state index is 0.0587. The zero-order valence-electron chi connectivity index (χ0n) is 14.7. The highest BCUT2D eigenvalue weighted by atomic mass is 16.5. The largest absolute Gasteiger partial charge is 0.496 e. The molecule has 4 aromatic rings. The number of methoxy groups -OCH3 is 1. The number of aromatic amines is 1. The smallest absolute Gasteiger partial charge is 0.316 e. The maximum atomic E-state index is 12.3. The van der Waals surface area contributed by atoms with Crippen LogP contribution >= 0.6 is 0 Å². The molecule has 2 aromatic carbocycles. The molecular formula is C20H18N4O3. The van der Waals surface area contributed by atoms with Crippen LogP contribution in [0.1, 0.15) is 16.2 Å². The quantitative estimate of drug-likeness (QED) is 0.549. The summed E-state index contributed by atoms with van der Waals surface area (Å²) in [4.78, 5) is 19.6. The highest BCUT2D eigenvalue weighted by molar-refractivity contribution is 5.90. The van der Waals surface area contributed by atoms with E-state index in [1.54, 1.807) is 7.11 Å². The summed E-state index contributed by atoms with van der Waals surface area (Å²) in [6, 6.07) is 15.5. The fraction of sp³-hybridized carbons (Fsp3) is 0.150. The minimum atomic E-state index is -0.399. The van der Waals surface area contributed by atoms with Gasteiger partial charge in [0.15, 0.2) is 0 Å². The van der Waals surface area contributed by atoms with Gasteiger partial charge in [-0.25, -0.2) is 0 Å². The predicted octanol–water partition coefficient (Wildman–Crippen LogP) is 3.20. The molecule has 0 fully saturated rings. The molecule has 0 aliphatic rings. The fourth-order valence-electron chi connectivity index (χ4n) is 2.92. The molecule has 27 heavy (non-hydrogen) atoms. The van der Waals surface area contributed by atoms with Crippen LogP contribution in [-0.2, 0) is 6.42 Å². The molecule has 0 saturated carbocycles. The van der Waals surface area contributed by atoms with Crippen molar-refractivity contribution in [1.29, 1.82) is 0 Å². The second-order valence-electron chi connectivity index (χ2n) is 6.02. The topological polar surface area (TPSA) is 93.0 Å². The van der Waals surface area contributed by atoms with Crippen molar-refractivity contribution < 1.29 is 14.1 Å². The van der Waals surface area contributed by atoms with Crippen molar-refractivity contribution in [1.82, 2.24) is 20.4 Å². The number of carbonyl (C=O) groups excluding carboxylic acids is 1. The Labute approximate surface area is 155 Å². The van der Waals surface area contributed by atoms with Crippen LogP contribution in [0, 0.1) is 0 Å². The van der Waals surface area contributed by atoms with Crippen molar-refractivity contribution in [3.05, 3.63) is 66.2 Å². The van der Waals surface area contributed by atoms with E-state index in [9.17, 15) is 4.79 Å². The second kappa shape index (κ2) is 7.33. The zero-order chi connectivity index (χ0) is 18.6. The van der Waals surface area contributed by atoms with Gasteiger partial charge in [0, 0.05) is 23.8 Å². The highest BCUT2D eigenvalue weighted by Crippen LogP contribution is 2.21. The van der Waals surface area contributed by atoms with E-state index in [1.807, 2.05) is 54.7 Å². The molecule has 2 N–H and O–H groups in total. The monoisotopic (exact) mass is 362 g/mol. The van der Waals surface area contributed by atoms with Gasteiger partial charge < -0.3 is 19.6 Å². The van der Waals surface area contributed by atoms with Gasteiger partial charge in [-0.3, -0.25) is 4.79 Å². The Morgan fingerprint density at radius 2 is 2.11 bits per heavy atom. The molecule has 2 heterocycles. The van der Waals surface area contributed by atoms with Gasteiger partial charge in [0.05, 0.1) is 7.11 Å². The Morgan fingerprint density at radius 1 is 1.22 bits per heavy atom. The van der Waals surface area contributed by atoms with E-state index in [2.05, 4.69) is 20.4 Å². The number of rotatable bonds is 6. The Kier molecular flexibility index (Phi) is 4.57. The molecule has 7 heteroatoms. The maximum Gasteiger partial charge on any atom is 0.316 e. The first-order valence-electron chi connectivity index (χ1n) is 8.56. The number of nitrogens with one attached hydrogen (secondary N) is 2. The van der Waals surface area contributed by atoms with Gasteiger partial charge in [-0.05, 0) is 35.6 Å². The van der Waals surface area contributed by atoms with Gasteiger partial charge in [-0.2, -0.15) is 4.98 Å². The van der Waals surface area contributed by atoms with Crippen LogP contribution in [0.5, 0.6) is 5.75 Å². The average Bonchev–Trinajstić information content (AvgIpc) is 3.37. The van der Waals surface area contributed by atoms with E-state index in [4.69, 9.17) is 9.26 Å². The first kappa shape index (κ1) is 16.8. The summed E-state index contributed by atoms with van der Waals surface area (Å²) < 4.78 is 10.4. The highest BCUT2D eigenvalue weighted by Gasteiger charge is 2.16. The number of aromatic nitrogens is 3. The van der Waals surface area contributed by atoms with Crippen molar-refractivity contribution in [3.8, 4) is 17.1 Å². The summed E-state index contributed by atoms with van der Waals surface area (Å²) in [5, 5.41) is 7.80. The molecule has 2 aromatic heterocycles. The number of benzene rings is 2. The zero-order valence-corrected chi connectivity index (χ0v) is 14.7. The number of nitrogens with zero attached hydrogens (tertiary/aromatic N) is 2. The lowest BCUT2D eigenvalue weighted by Crippen LogP contribution is -2.26. The number of hydrogen-bond acceptors (Lipinski definition) is 5. The summed E-state index contributed by atoms with van der Waals surface area (Å²) >= 11 is 0. The van der Waals surface area contributed by atoms with Crippen LogP contribution in [0.2, 0.25) is 0 Å². The molecule has 0 atom stereocenters. The SMILES string of the molecule is COc1ccccc1CCNC(=O)c1nc(-c2ccc3cc[nH]c3c2)no1. The third-order valence-corrected chi connectivity index (χ3v) is 4.31. The van der Waals surface area contributed by atoms with Crippen molar-refractivity contribution in [2.75, 3.05) is 13.7 Å². The maximum absolute atomic E-state index is 12.3. The lowest BCUT2D eigenvalue weighted by molar-refractivity contribution is 0.0910. The van der Waals surface area contributed by atoms with Gasteiger partial charge in [0.2, 0.25) is 5.82 Å².